The second-order valence-corrected chi connectivity index (χ2v) is 5.86. The van der Waals surface area contributed by atoms with Crippen molar-refractivity contribution in [1.82, 2.24) is 0 Å². The Morgan fingerprint density at radius 2 is 2.05 bits per heavy atom. The van der Waals surface area contributed by atoms with E-state index in [4.69, 9.17) is 16.0 Å². The number of furan rings is 1. The van der Waals surface area contributed by atoms with Gasteiger partial charge in [-0.1, -0.05) is 23.7 Å². The van der Waals surface area contributed by atoms with Crippen LogP contribution in [0.1, 0.15) is 23.3 Å². The van der Waals surface area contributed by atoms with Crippen LogP contribution in [-0.2, 0) is 12.0 Å². The molecule has 1 aromatic heterocycles. The molecule has 1 aliphatic carbocycles. The lowest BCUT2D eigenvalue weighted by Crippen LogP contribution is -2.23. The lowest BCUT2D eigenvalue weighted by atomic mass is 9.93. The van der Waals surface area contributed by atoms with Crippen molar-refractivity contribution < 1.29 is 13.9 Å². The summed E-state index contributed by atoms with van der Waals surface area (Å²) in [6.07, 6.45) is 0.910. The molecule has 0 fully saturated rings. The molecule has 0 saturated heterocycles. The van der Waals surface area contributed by atoms with Crippen molar-refractivity contribution in [2.45, 2.75) is 18.4 Å². The number of rotatable bonds is 1. The van der Waals surface area contributed by atoms with Crippen LogP contribution in [-0.4, -0.2) is 5.11 Å². The number of fused-ring (bicyclic) bond motifs is 2. The van der Waals surface area contributed by atoms with E-state index in [1.807, 2.05) is 0 Å². The number of benzene rings is 2. The molecule has 21 heavy (non-hydrogen) atoms. The summed E-state index contributed by atoms with van der Waals surface area (Å²) in [7, 11) is 0. The van der Waals surface area contributed by atoms with Gasteiger partial charge in [-0.3, -0.25) is 0 Å². The molecule has 2 nitrogen and oxygen atoms in total. The Kier molecular flexibility index (Phi) is 2.65. The minimum absolute atomic E-state index is 0.275. The van der Waals surface area contributed by atoms with Gasteiger partial charge in [-0.05, 0) is 54.3 Å². The van der Waals surface area contributed by atoms with Crippen molar-refractivity contribution in [3.63, 3.8) is 0 Å². The quantitative estimate of drug-likeness (QED) is 0.722. The highest BCUT2D eigenvalue weighted by Crippen LogP contribution is 2.44. The van der Waals surface area contributed by atoms with Crippen LogP contribution in [0.5, 0.6) is 0 Å². The van der Waals surface area contributed by atoms with E-state index in [-0.39, 0.29) is 5.82 Å². The lowest BCUT2D eigenvalue weighted by molar-refractivity contribution is 0.0605. The molecule has 0 aliphatic heterocycles. The van der Waals surface area contributed by atoms with Crippen LogP contribution in [0.2, 0.25) is 5.02 Å². The second-order valence-electron chi connectivity index (χ2n) is 5.42. The number of aliphatic hydroxyl groups is 1. The van der Waals surface area contributed by atoms with Gasteiger partial charge in [0.15, 0.2) is 0 Å². The number of halogens is 2. The van der Waals surface area contributed by atoms with Gasteiger partial charge in [0.05, 0.1) is 0 Å². The van der Waals surface area contributed by atoms with Gasteiger partial charge in [0.1, 0.15) is 22.8 Å². The Morgan fingerprint density at radius 1 is 1.19 bits per heavy atom. The van der Waals surface area contributed by atoms with Gasteiger partial charge in [0.25, 0.3) is 0 Å². The molecule has 0 amide bonds. The van der Waals surface area contributed by atoms with Gasteiger partial charge in [-0.2, -0.15) is 0 Å². The molecule has 2 aromatic carbocycles. The first-order chi connectivity index (χ1) is 10.1. The number of hydrogen-bond donors (Lipinski definition) is 1. The maximum atomic E-state index is 13.8. The smallest absolute Gasteiger partial charge is 0.148 e. The van der Waals surface area contributed by atoms with Gasteiger partial charge in [-0.15, -0.1) is 0 Å². The van der Waals surface area contributed by atoms with Crippen molar-refractivity contribution in [3.05, 3.63) is 70.2 Å². The number of hydrogen-bond acceptors (Lipinski definition) is 2. The fraction of sp³-hybridized carbons (Fsp3) is 0.176. The van der Waals surface area contributed by atoms with Gasteiger partial charge in [-0.25, -0.2) is 4.39 Å². The first-order valence-corrected chi connectivity index (χ1v) is 7.15. The van der Waals surface area contributed by atoms with E-state index < -0.39 is 5.60 Å². The van der Waals surface area contributed by atoms with Crippen molar-refractivity contribution in [2.24, 2.45) is 0 Å². The molecule has 4 rings (SSSR count). The van der Waals surface area contributed by atoms with Crippen LogP contribution in [0, 0.1) is 5.82 Å². The maximum absolute atomic E-state index is 13.8. The second kappa shape index (κ2) is 4.33. The average Bonchev–Trinajstić information content (AvgIpc) is 3.02. The van der Waals surface area contributed by atoms with Crippen molar-refractivity contribution >= 4 is 22.6 Å². The van der Waals surface area contributed by atoms with Crippen molar-refractivity contribution in [2.75, 3.05) is 0 Å². The van der Waals surface area contributed by atoms with Crippen LogP contribution in [0.15, 0.2) is 46.9 Å². The Labute approximate surface area is 125 Å². The molecular weight excluding hydrogens is 291 g/mol. The molecule has 1 aliphatic rings. The molecule has 106 valence electrons. The first kappa shape index (κ1) is 12.9. The van der Waals surface area contributed by atoms with Gasteiger partial charge < -0.3 is 9.52 Å². The summed E-state index contributed by atoms with van der Waals surface area (Å²) < 4.78 is 19.6. The molecule has 1 N–H and O–H groups in total. The van der Waals surface area contributed by atoms with E-state index in [1.165, 1.54) is 6.07 Å². The molecule has 1 unspecified atom stereocenters. The summed E-state index contributed by atoms with van der Waals surface area (Å²) in [5.74, 6) is 0.159. The summed E-state index contributed by atoms with van der Waals surface area (Å²) in [6, 6.07) is 11.9. The molecule has 1 heterocycles. The zero-order valence-corrected chi connectivity index (χ0v) is 11.8. The normalized spacial score (nSPS) is 20.9. The predicted molar refractivity (Wildman–Crippen MR) is 78.9 cm³/mol. The minimum Gasteiger partial charge on any atom is -0.458 e. The van der Waals surface area contributed by atoms with E-state index in [0.717, 1.165) is 5.39 Å². The third kappa shape index (κ3) is 1.81. The lowest BCUT2D eigenvalue weighted by Gasteiger charge is -2.21. The molecule has 0 bridgehead atoms. The third-order valence-electron chi connectivity index (χ3n) is 4.19. The summed E-state index contributed by atoms with van der Waals surface area (Å²) in [6.45, 7) is 0. The van der Waals surface area contributed by atoms with E-state index >= 15 is 0 Å². The molecular formula is C17H12ClFO2. The highest BCUT2D eigenvalue weighted by molar-refractivity contribution is 6.31. The summed E-state index contributed by atoms with van der Waals surface area (Å²) in [5.41, 5.74) is 0.543. The Balaban J connectivity index is 1.91. The zero-order chi connectivity index (χ0) is 14.6. The molecule has 1 atom stereocenters. The Morgan fingerprint density at radius 3 is 2.90 bits per heavy atom. The maximum Gasteiger partial charge on any atom is 0.148 e. The van der Waals surface area contributed by atoms with Gasteiger partial charge in [0.2, 0.25) is 0 Å². The molecule has 0 saturated carbocycles. The SMILES string of the molecule is OC1(c2cc3cc(Cl)ccc3o2)CCc2c(F)cccc21. The highest BCUT2D eigenvalue weighted by Gasteiger charge is 2.42. The van der Waals surface area contributed by atoms with E-state index in [2.05, 4.69) is 0 Å². The fourth-order valence-electron chi connectivity index (χ4n) is 3.11. The van der Waals surface area contributed by atoms with Crippen LogP contribution < -0.4 is 0 Å². The van der Waals surface area contributed by atoms with Crippen LogP contribution in [0.25, 0.3) is 11.0 Å². The van der Waals surface area contributed by atoms with E-state index in [0.29, 0.717) is 40.3 Å². The summed E-state index contributed by atoms with van der Waals surface area (Å²) >= 11 is 5.97. The molecule has 3 aromatic rings. The van der Waals surface area contributed by atoms with Crippen LogP contribution >= 0.6 is 11.6 Å². The van der Waals surface area contributed by atoms with Gasteiger partial charge in [0, 0.05) is 10.4 Å². The van der Waals surface area contributed by atoms with Gasteiger partial charge >= 0.3 is 0 Å². The summed E-state index contributed by atoms with van der Waals surface area (Å²) in [5, 5.41) is 12.5. The average molecular weight is 303 g/mol. The summed E-state index contributed by atoms with van der Waals surface area (Å²) in [4.78, 5) is 0. The molecule has 4 heteroatoms. The Hall–Kier alpha value is -1.84. The predicted octanol–water partition coefficient (Wildman–Crippen LogP) is 4.41. The zero-order valence-electron chi connectivity index (χ0n) is 11.1. The first-order valence-electron chi connectivity index (χ1n) is 6.78. The fourth-order valence-corrected chi connectivity index (χ4v) is 3.30. The molecule has 0 spiro atoms. The van der Waals surface area contributed by atoms with Crippen molar-refractivity contribution in [3.8, 4) is 0 Å². The molecule has 0 radical (unpaired) electrons. The third-order valence-corrected chi connectivity index (χ3v) is 4.42. The van der Waals surface area contributed by atoms with E-state index in [1.54, 1.807) is 36.4 Å². The van der Waals surface area contributed by atoms with Crippen molar-refractivity contribution in [1.29, 1.82) is 0 Å². The van der Waals surface area contributed by atoms with Crippen LogP contribution in [0.3, 0.4) is 0 Å². The van der Waals surface area contributed by atoms with Crippen LogP contribution in [0.4, 0.5) is 4.39 Å². The Bertz CT molecular complexity index is 855. The highest BCUT2D eigenvalue weighted by atomic mass is 35.5. The largest absolute Gasteiger partial charge is 0.458 e. The topological polar surface area (TPSA) is 33.4 Å². The van der Waals surface area contributed by atoms with E-state index in [9.17, 15) is 9.50 Å². The standard InChI is InChI=1S/C17H12ClFO2/c18-11-4-5-15-10(8-11)9-16(21-15)17(20)7-6-12-13(17)2-1-3-14(12)19/h1-5,8-9,20H,6-7H2. The monoisotopic (exact) mass is 302 g/mol. The minimum atomic E-state index is -1.27.